The number of hydrogen-bond donors (Lipinski definition) is 0. The fourth-order valence-corrected chi connectivity index (χ4v) is 2.64. The fraction of sp³-hybridized carbons (Fsp3) is 0.526. The first-order valence-corrected chi connectivity index (χ1v) is 8.90. The second kappa shape index (κ2) is 10.3. The summed E-state index contributed by atoms with van der Waals surface area (Å²) in [6.45, 7) is 6.63. The van der Waals surface area contributed by atoms with Crippen molar-refractivity contribution in [2.24, 2.45) is 0 Å². The van der Waals surface area contributed by atoms with E-state index in [1.165, 1.54) is 25.7 Å². The summed E-state index contributed by atoms with van der Waals surface area (Å²) in [5.41, 5.74) is 1.93. The third kappa shape index (κ3) is 5.80. The van der Waals surface area contributed by atoms with E-state index < -0.39 is 13.2 Å². The summed E-state index contributed by atoms with van der Waals surface area (Å²) in [7, 11) is -0.504. The van der Waals surface area contributed by atoms with Crippen molar-refractivity contribution in [2.75, 3.05) is 13.2 Å². The number of esters is 1. The molecule has 0 saturated carbocycles. The molecular weight excluding hydrogens is 303 g/mol. The van der Waals surface area contributed by atoms with Crippen molar-refractivity contribution in [1.29, 1.82) is 0 Å². The Hall–Kier alpha value is -1.59. The Balaban J connectivity index is 1.66. The molecule has 1 aliphatic heterocycles. The molecule has 2 rings (SSSR count). The van der Waals surface area contributed by atoms with Gasteiger partial charge in [-0.1, -0.05) is 75.9 Å². The molecule has 0 N–H and O–H groups in total. The standard InChI is InChI=1S/C19H27BO4/c1-3-5-6-7-8-9-14-22-19(21)18-15-23-20(24-18)17-12-10-16(4-2)11-13-17/h4,10-13,18H,2-3,5-9,14-15H2,1H3. The minimum Gasteiger partial charge on any atom is -0.464 e. The van der Waals surface area contributed by atoms with Gasteiger partial charge in [0.25, 0.3) is 0 Å². The van der Waals surface area contributed by atoms with Gasteiger partial charge in [-0.05, 0) is 17.4 Å². The van der Waals surface area contributed by atoms with Crippen LogP contribution in [0.5, 0.6) is 0 Å². The summed E-state index contributed by atoms with van der Waals surface area (Å²) in [6.07, 6.45) is 8.15. The molecule has 1 atom stereocenters. The molecule has 1 heterocycles. The van der Waals surface area contributed by atoms with Crippen molar-refractivity contribution >= 4 is 24.6 Å². The fourth-order valence-electron chi connectivity index (χ4n) is 2.64. The van der Waals surface area contributed by atoms with Gasteiger partial charge in [-0.2, -0.15) is 0 Å². The molecule has 0 amide bonds. The molecule has 1 aliphatic rings. The van der Waals surface area contributed by atoms with Crippen LogP contribution in [-0.4, -0.2) is 32.4 Å². The molecule has 130 valence electrons. The quantitative estimate of drug-likeness (QED) is 0.375. The van der Waals surface area contributed by atoms with E-state index in [0.29, 0.717) is 6.61 Å². The second-order valence-electron chi connectivity index (χ2n) is 6.10. The van der Waals surface area contributed by atoms with Crippen molar-refractivity contribution in [3.63, 3.8) is 0 Å². The molecule has 1 aromatic carbocycles. The van der Waals surface area contributed by atoms with Gasteiger partial charge in [0, 0.05) is 0 Å². The van der Waals surface area contributed by atoms with Crippen LogP contribution < -0.4 is 5.46 Å². The van der Waals surface area contributed by atoms with Crippen LogP contribution in [0.2, 0.25) is 0 Å². The second-order valence-corrected chi connectivity index (χ2v) is 6.10. The Bertz CT molecular complexity index is 515. The van der Waals surface area contributed by atoms with Gasteiger partial charge in [0.2, 0.25) is 0 Å². The lowest BCUT2D eigenvalue weighted by molar-refractivity contribution is -0.151. The number of carbonyl (C=O) groups is 1. The molecule has 24 heavy (non-hydrogen) atoms. The summed E-state index contributed by atoms with van der Waals surface area (Å²) in [5.74, 6) is -0.325. The van der Waals surface area contributed by atoms with Crippen LogP contribution in [0.25, 0.3) is 6.08 Å². The Morgan fingerprint density at radius 3 is 2.67 bits per heavy atom. The third-order valence-electron chi connectivity index (χ3n) is 4.14. The van der Waals surface area contributed by atoms with Crippen LogP contribution >= 0.6 is 0 Å². The molecule has 0 aromatic heterocycles. The molecule has 4 nitrogen and oxygen atoms in total. The number of hydrogen-bond acceptors (Lipinski definition) is 4. The molecule has 0 radical (unpaired) electrons. The highest BCUT2D eigenvalue weighted by molar-refractivity contribution is 6.62. The van der Waals surface area contributed by atoms with E-state index in [0.717, 1.165) is 23.9 Å². The maximum atomic E-state index is 12.0. The van der Waals surface area contributed by atoms with Gasteiger partial charge in [0.05, 0.1) is 13.2 Å². The van der Waals surface area contributed by atoms with Gasteiger partial charge in [0.1, 0.15) is 0 Å². The van der Waals surface area contributed by atoms with Crippen molar-refractivity contribution in [1.82, 2.24) is 0 Å². The molecule has 1 fully saturated rings. The zero-order chi connectivity index (χ0) is 17.2. The third-order valence-corrected chi connectivity index (χ3v) is 4.14. The van der Waals surface area contributed by atoms with E-state index >= 15 is 0 Å². The molecular formula is C19H27BO4. The summed E-state index contributed by atoms with van der Waals surface area (Å²) in [5, 5.41) is 0. The zero-order valence-corrected chi connectivity index (χ0v) is 14.5. The maximum absolute atomic E-state index is 12.0. The average molecular weight is 330 g/mol. The van der Waals surface area contributed by atoms with Gasteiger partial charge in [-0.3, -0.25) is 0 Å². The first-order valence-electron chi connectivity index (χ1n) is 8.90. The van der Waals surface area contributed by atoms with E-state index in [4.69, 9.17) is 14.0 Å². The zero-order valence-electron chi connectivity index (χ0n) is 14.5. The largest absolute Gasteiger partial charge is 0.494 e. The van der Waals surface area contributed by atoms with Gasteiger partial charge < -0.3 is 14.0 Å². The van der Waals surface area contributed by atoms with Crippen LogP contribution in [0.15, 0.2) is 30.8 Å². The van der Waals surface area contributed by atoms with Crippen molar-refractivity contribution in [2.45, 2.75) is 51.6 Å². The lowest BCUT2D eigenvalue weighted by Crippen LogP contribution is -2.34. The Labute approximate surface area is 145 Å². The minimum atomic E-state index is -0.630. The number of benzene rings is 1. The van der Waals surface area contributed by atoms with Crippen molar-refractivity contribution in [3.05, 3.63) is 36.4 Å². The Kier molecular flexibility index (Phi) is 8.06. The van der Waals surface area contributed by atoms with Crippen molar-refractivity contribution in [3.8, 4) is 0 Å². The molecule has 0 bridgehead atoms. The van der Waals surface area contributed by atoms with Crippen LogP contribution in [0, 0.1) is 0 Å². The molecule has 5 heteroatoms. The monoisotopic (exact) mass is 330 g/mol. The highest BCUT2D eigenvalue weighted by atomic mass is 16.7. The highest BCUT2D eigenvalue weighted by Gasteiger charge is 2.37. The number of unbranched alkanes of at least 4 members (excludes halogenated alkanes) is 5. The van der Waals surface area contributed by atoms with Gasteiger partial charge in [0.15, 0.2) is 6.10 Å². The van der Waals surface area contributed by atoms with Crippen LogP contribution in [-0.2, 0) is 18.8 Å². The van der Waals surface area contributed by atoms with E-state index in [9.17, 15) is 4.79 Å². The lowest BCUT2D eigenvalue weighted by atomic mass is 9.79. The average Bonchev–Trinajstić information content (AvgIpc) is 3.11. The summed E-state index contributed by atoms with van der Waals surface area (Å²) in [6, 6.07) is 7.73. The number of rotatable bonds is 10. The van der Waals surface area contributed by atoms with Crippen LogP contribution in [0.4, 0.5) is 0 Å². The maximum Gasteiger partial charge on any atom is 0.494 e. The predicted molar refractivity (Wildman–Crippen MR) is 97.1 cm³/mol. The number of carbonyl (C=O) groups excluding carboxylic acids is 1. The van der Waals surface area contributed by atoms with Gasteiger partial charge >= 0.3 is 13.1 Å². The summed E-state index contributed by atoms with van der Waals surface area (Å²) in [4.78, 5) is 12.0. The lowest BCUT2D eigenvalue weighted by Gasteiger charge is -2.10. The molecule has 0 aliphatic carbocycles. The van der Waals surface area contributed by atoms with Gasteiger partial charge in [-0.15, -0.1) is 0 Å². The molecule has 0 spiro atoms. The predicted octanol–water partition coefficient (Wildman–Crippen LogP) is 3.34. The van der Waals surface area contributed by atoms with E-state index in [-0.39, 0.29) is 12.6 Å². The van der Waals surface area contributed by atoms with Crippen LogP contribution in [0.3, 0.4) is 0 Å². The first-order chi connectivity index (χ1) is 11.7. The topological polar surface area (TPSA) is 44.8 Å². The molecule has 1 saturated heterocycles. The van der Waals surface area contributed by atoms with E-state index in [1.54, 1.807) is 6.08 Å². The Morgan fingerprint density at radius 2 is 1.96 bits per heavy atom. The van der Waals surface area contributed by atoms with Crippen LogP contribution in [0.1, 0.15) is 51.0 Å². The SMILES string of the molecule is C=Cc1ccc(B2OCC(C(=O)OCCCCCCCC)O2)cc1. The van der Waals surface area contributed by atoms with Gasteiger partial charge in [-0.25, -0.2) is 4.79 Å². The Morgan fingerprint density at radius 1 is 1.25 bits per heavy atom. The van der Waals surface area contributed by atoms with Crippen molar-refractivity contribution < 1.29 is 18.8 Å². The van der Waals surface area contributed by atoms with E-state index in [1.807, 2.05) is 24.3 Å². The smallest absolute Gasteiger partial charge is 0.464 e. The van der Waals surface area contributed by atoms with E-state index in [2.05, 4.69) is 13.5 Å². The molecule has 1 aromatic rings. The number of ether oxygens (including phenoxy) is 1. The first kappa shape index (κ1) is 18.7. The normalized spacial score (nSPS) is 17.0. The molecule has 1 unspecified atom stereocenters. The summed E-state index contributed by atoms with van der Waals surface area (Å²) >= 11 is 0. The minimum absolute atomic E-state index is 0.239. The highest BCUT2D eigenvalue weighted by Crippen LogP contribution is 2.12. The summed E-state index contributed by atoms with van der Waals surface area (Å²) < 4.78 is 16.5.